The van der Waals surface area contributed by atoms with Crippen LogP contribution in [-0.2, 0) is 0 Å². The third kappa shape index (κ3) is 3.84. The smallest absolute Gasteiger partial charge is 0.273 e. The van der Waals surface area contributed by atoms with Crippen molar-refractivity contribution in [1.29, 1.82) is 0 Å². The number of aromatic nitrogens is 1. The minimum absolute atomic E-state index is 0.0812. The van der Waals surface area contributed by atoms with Crippen molar-refractivity contribution in [2.45, 2.75) is 6.92 Å². The van der Waals surface area contributed by atoms with Crippen LogP contribution in [0, 0.1) is 12.7 Å². The van der Waals surface area contributed by atoms with Gasteiger partial charge in [-0.15, -0.1) is 11.3 Å². The molecule has 0 atom stereocenters. The fraction of sp³-hybridized carbons (Fsp3) is 0.238. The zero-order valence-corrected chi connectivity index (χ0v) is 16.4. The quantitative estimate of drug-likeness (QED) is 0.714. The summed E-state index contributed by atoms with van der Waals surface area (Å²) < 4.78 is 14.0. The Morgan fingerprint density at radius 1 is 1.07 bits per heavy atom. The number of para-hydroxylation sites is 2. The summed E-state index contributed by atoms with van der Waals surface area (Å²) in [5.41, 5.74) is 3.14. The van der Waals surface area contributed by atoms with Crippen LogP contribution in [0.15, 0.2) is 53.9 Å². The number of hydrogen-bond acceptors (Lipinski definition) is 5. The van der Waals surface area contributed by atoms with Crippen LogP contribution in [0.25, 0.3) is 0 Å². The topological polar surface area (TPSA) is 48.5 Å². The number of piperazine rings is 1. The van der Waals surface area contributed by atoms with E-state index in [9.17, 15) is 9.18 Å². The molecule has 0 unspecified atom stereocenters. The second kappa shape index (κ2) is 7.98. The Hall–Kier alpha value is -2.93. The minimum Gasteiger partial charge on any atom is -0.366 e. The summed E-state index contributed by atoms with van der Waals surface area (Å²) in [6, 6.07) is 14.7. The Morgan fingerprint density at radius 3 is 2.54 bits per heavy atom. The van der Waals surface area contributed by atoms with Gasteiger partial charge in [-0.3, -0.25) is 4.79 Å². The maximum absolute atomic E-state index is 14.0. The van der Waals surface area contributed by atoms with Gasteiger partial charge in [0.15, 0.2) is 5.13 Å². The number of halogens is 1. The van der Waals surface area contributed by atoms with E-state index >= 15 is 0 Å². The monoisotopic (exact) mass is 396 g/mol. The Bertz CT molecular complexity index is 982. The molecule has 1 amide bonds. The van der Waals surface area contributed by atoms with Crippen molar-refractivity contribution in [2.24, 2.45) is 0 Å². The lowest BCUT2D eigenvalue weighted by Crippen LogP contribution is -2.49. The molecular weight excluding hydrogens is 375 g/mol. The predicted molar refractivity (Wildman–Crippen MR) is 111 cm³/mol. The van der Waals surface area contributed by atoms with Gasteiger partial charge >= 0.3 is 0 Å². The fourth-order valence-electron chi connectivity index (χ4n) is 3.28. The first-order chi connectivity index (χ1) is 13.6. The molecule has 0 spiro atoms. The van der Waals surface area contributed by atoms with Gasteiger partial charge in [0.2, 0.25) is 0 Å². The molecule has 0 aliphatic carbocycles. The average Bonchev–Trinajstić information content (AvgIpc) is 3.18. The van der Waals surface area contributed by atoms with Crippen molar-refractivity contribution >= 4 is 33.8 Å². The molecule has 2 aromatic carbocycles. The standard InChI is InChI=1S/C21H21FN4OS/c1-15-6-2-4-8-17(15)23-21-24-18(14-28-21)20(27)26-12-10-25(11-13-26)19-9-5-3-7-16(19)22/h2-9,14H,10-13H2,1H3,(H,23,24). The zero-order chi connectivity index (χ0) is 19.5. The first kappa shape index (κ1) is 18.4. The summed E-state index contributed by atoms with van der Waals surface area (Å²) in [7, 11) is 0. The van der Waals surface area contributed by atoms with E-state index in [2.05, 4.69) is 10.3 Å². The number of rotatable bonds is 4. The molecular formula is C21H21FN4OS. The van der Waals surface area contributed by atoms with Crippen molar-refractivity contribution in [1.82, 2.24) is 9.88 Å². The van der Waals surface area contributed by atoms with Crippen LogP contribution in [0.4, 0.5) is 20.9 Å². The number of thiazole rings is 1. The minimum atomic E-state index is -0.228. The van der Waals surface area contributed by atoms with Gasteiger partial charge in [0, 0.05) is 37.2 Å². The van der Waals surface area contributed by atoms with Crippen LogP contribution in [0.2, 0.25) is 0 Å². The van der Waals surface area contributed by atoms with Gasteiger partial charge < -0.3 is 15.1 Å². The van der Waals surface area contributed by atoms with Crippen molar-refractivity contribution in [2.75, 3.05) is 36.4 Å². The molecule has 1 aromatic heterocycles. The van der Waals surface area contributed by atoms with Crippen molar-refractivity contribution in [3.05, 3.63) is 71.0 Å². The summed E-state index contributed by atoms with van der Waals surface area (Å²) in [4.78, 5) is 21.0. The second-order valence-electron chi connectivity index (χ2n) is 6.71. The average molecular weight is 396 g/mol. The van der Waals surface area contributed by atoms with E-state index in [0.717, 1.165) is 11.3 Å². The maximum atomic E-state index is 14.0. The van der Waals surface area contributed by atoms with Crippen LogP contribution in [0.1, 0.15) is 16.1 Å². The van der Waals surface area contributed by atoms with Crippen LogP contribution in [-0.4, -0.2) is 42.0 Å². The molecule has 1 aliphatic heterocycles. The van der Waals surface area contributed by atoms with Crippen LogP contribution in [0.3, 0.4) is 0 Å². The summed E-state index contributed by atoms with van der Waals surface area (Å²) in [6.45, 7) is 4.32. The van der Waals surface area contributed by atoms with Gasteiger partial charge in [0.05, 0.1) is 5.69 Å². The second-order valence-corrected chi connectivity index (χ2v) is 7.57. The lowest BCUT2D eigenvalue weighted by atomic mass is 10.2. The number of anilines is 3. The van der Waals surface area contributed by atoms with Gasteiger partial charge in [-0.05, 0) is 30.7 Å². The largest absolute Gasteiger partial charge is 0.366 e. The number of hydrogen-bond donors (Lipinski definition) is 1. The van der Waals surface area contributed by atoms with E-state index < -0.39 is 0 Å². The molecule has 7 heteroatoms. The van der Waals surface area contributed by atoms with Crippen LogP contribution >= 0.6 is 11.3 Å². The molecule has 144 valence electrons. The van der Waals surface area contributed by atoms with Crippen molar-refractivity contribution < 1.29 is 9.18 Å². The van der Waals surface area contributed by atoms with Crippen molar-refractivity contribution in [3.63, 3.8) is 0 Å². The number of carbonyl (C=O) groups excluding carboxylic acids is 1. The highest BCUT2D eigenvalue weighted by Gasteiger charge is 2.25. The highest BCUT2D eigenvalue weighted by Crippen LogP contribution is 2.25. The highest BCUT2D eigenvalue weighted by atomic mass is 32.1. The summed E-state index contributed by atoms with van der Waals surface area (Å²) in [5.74, 6) is -0.309. The summed E-state index contributed by atoms with van der Waals surface area (Å²) >= 11 is 1.42. The first-order valence-electron chi connectivity index (χ1n) is 9.19. The zero-order valence-electron chi connectivity index (χ0n) is 15.6. The molecule has 1 fully saturated rings. The van der Waals surface area contributed by atoms with Crippen LogP contribution < -0.4 is 10.2 Å². The van der Waals surface area contributed by atoms with Gasteiger partial charge in [-0.25, -0.2) is 9.37 Å². The first-order valence-corrected chi connectivity index (χ1v) is 10.1. The Balaban J connectivity index is 1.39. The number of aryl methyl sites for hydroxylation is 1. The molecule has 3 aromatic rings. The number of nitrogens with zero attached hydrogens (tertiary/aromatic N) is 3. The molecule has 0 saturated carbocycles. The third-order valence-electron chi connectivity index (χ3n) is 4.87. The number of benzene rings is 2. The van der Waals surface area contributed by atoms with Gasteiger partial charge in [-0.1, -0.05) is 30.3 Å². The molecule has 0 radical (unpaired) electrons. The molecule has 4 rings (SSSR count). The summed E-state index contributed by atoms with van der Waals surface area (Å²) in [6.07, 6.45) is 0. The van der Waals surface area contributed by atoms with E-state index in [0.29, 0.717) is 42.7 Å². The third-order valence-corrected chi connectivity index (χ3v) is 5.63. The number of amides is 1. The van der Waals surface area contributed by atoms with E-state index in [4.69, 9.17) is 0 Å². The summed E-state index contributed by atoms with van der Waals surface area (Å²) in [5, 5.41) is 5.75. The van der Waals surface area contributed by atoms with E-state index in [1.165, 1.54) is 17.4 Å². The lowest BCUT2D eigenvalue weighted by Gasteiger charge is -2.35. The SMILES string of the molecule is Cc1ccccc1Nc1nc(C(=O)N2CCN(c3ccccc3F)CC2)cs1. The van der Waals surface area contributed by atoms with E-state index in [1.807, 2.05) is 42.2 Å². The molecule has 1 saturated heterocycles. The Kier molecular flexibility index (Phi) is 5.25. The predicted octanol–water partition coefficient (Wildman–Crippen LogP) is 4.30. The van der Waals surface area contributed by atoms with Crippen molar-refractivity contribution in [3.8, 4) is 0 Å². The number of nitrogens with one attached hydrogen (secondary N) is 1. The molecule has 2 heterocycles. The highest BCUT2D eigenvalue weighted by molar-refractivity contribution is 7.14. The fourth-order valence-corrected chi connectivity index (χ4v) is 3.98. The van der Waals surface area contributed by atoms with Crippen LogP contribution in [0.5, 0.6) is 0 Å². The van der Waals surface area contributed by atoms with Gasteiger partial charge in [-0.2, -0.15) is 0 Å². The van der Waals surface area contributed by atoms with Gasteiger partial charge in [0.25, 0.3) is 5.91 Å². The van der Waals surface area contributed by atoms with E-state index in [1.54, 1.807) is 22.4 Å². The molecule has 1 N–H and O–H groups in total. The molecule has 5 nitrogen and oxygen atoms in total. The number of carbonyl (C=O) groups is 1. The molecule has 0 bridgehead atoms. The van der Waals surface area contributed by atoms with E-state index in [-0.39, 0.29) is 11.7 Å². The Labute approximate surface area is 167 Å². The lowest BCUT2D eigenvalue weighted by molar-refractivity contribution is 0.0741. The maximum Gasteiger partial charge on any atom is 0.273 e. The normalized spacial score (nSPS) is 14.2. The Morgan fingerprint density at radius 2 is 1.79 bits per heavy atom. The molecule has 1 aliphatic rings. The van der Waals surface area contributed by atoms with Gasteiger partial charge in [0.1, 0.15) is 11.5 Å². The molecule has 28 heavy (non-hydrogen) atoms.